The SMILES string of the molecule is CC(C)NC(=O)N(C)C[C@@H]1Oc2ccc(NC(=O)C3CCCCC3)cc2CC(=O)N([C@@H](C)CO)C[C@H]1C. The first-order valence-corrected chi connectivity index (χ1v) is 13.6. The van der Waals surface area contributed by atoms with Gasteiger partial charge in [-0.2, -0.15) is 0 Å². The van der Waals surface area contributed by atoms with Gasteiger partial charge in [0, 0.05) is 42.7 Å². The van der Waals surface area contributed by atoms with E-state index in [4.69, 9.17) is 4.74 Å². The lowest BCUT2D eigenvalue weighted by molar-refractivity contribution is -0.134. The van der Waals surface area contributed by atoms with Crippen molar-refractivity contribution in [3.05, 3.63) is 23.8 Å². The molecule has 3 N–H and O–H groups in total. The third kappa shape index (κ3) is 7.84. The van der Waals surface area contributed by atoms with Gasteiger partial charge in [-0.15, -0.1) is 0 Å². The third-order valence-corrected chi connectivity index (χ3v) is 7.37. The lowest BCUT2D eigenvalue weighted by Gasteiger charge is -2.34. The van der Waals surface area contributed by atoms with Gasteiger partial charge in [0.15, 0.2) is 0 Å². The fourth-order valence-electron chi connectivity index (χ4n) is 5.04. The Kier molecular flexibility index (Phi) is 10.2. The monoisotopic (exact) mass is 516 g/mol. The van der Waals surface area contributed by atoms with E-state index in [-0.39, 0.29) is 60.9 Å². The Hall–Kier alpha value is -2.81. The van der Waals surface area contributed by atoms with Crippen LogP contribution in [-0.2, 0) is 16.0 Å². The first-order chi connectivity index (χ1) is 17.6. The minimum atomic E-state index is -0.386. The van der Waals surface area contributed by atoms with Crippen molar-refractivity contribution in [2.24, 2.45) is 11.8 Å². The maximum absolute atomic E-state index is 13.4. The van der Waals surface area contributed by atoms with Gasteiger partial charge in [-0.05, 0) is 51.8 Å². The lowest BCUT2D eigenvalue weighted by Crippen LogP contribution is -2.49. The number of benzene rings is 1. The fraction of sp³-hybridized carbons (Fsp3) is 0.679. The van der Waals surface area contributed by atoms with E-state index in [1.54, 1.807) is 22.9 Å². The van der Waals surface area contributed by atoms with Crippen LogP contribution >= 0.6 is 0 Å². The molecule has 1 aliphatic carbocycles. The van der Waals surface area contributed by atoms with Crippen molar-refractivity contribution in [2.75, 3.05) is 32.1 Å². The molecule has 206 valence electrons. The zero-order valence-corrected chi connectivity index (χ0v) is 23.0. The summed E-state index contributed by atoms with van der Waals surface area (Å²) >= 11 is 0. The Morgan fingerprint density at radius 3 is 2.54 bits per heavy atom. The van der Waals surface area contributed by atoms with Crippen LogP contribution in [0, 0.1) is 11.8 Å². The zero-order valence-electron chi connectivity index (χ0n) is 23.0. The highest BCUT2D eigenvalue weighted by atomic mass is 16.5. The molecule has 0 radical (unpaired) electrons. The van der Waals surface area contributed by atoms with Gasteiger partial charge < -0.3 is 30.3 Å². The molecule has 9 nitrogen and oxygen atoms in total. The molecule has 37 heavy (non-hydrogen) atoms. The molecule has 0 saturated heterocycles. The van der Waals surface area contributed by atoms with Crippen LogP contribution in [0.25, 0.3) is 0 Å². The van der Waals surface area contributed by atoms with Crippen molar-refractivity contribution < 1.29 is 24.2 Å². The number of fused-ring (bicyclic) bond motifs is 1. The number of aliphatic hydroxyl groups is 1. The lowest BCUT2D eigenvalue weighted by atomic mass is 9.88. The summed E-state index contributed by atoms with van der Waals surface area (Å²) in [6.45, 7) is 8.20. The van der Waals surface area contributed by atoms with E-state index < -0.39 is 0 Å². The fourth-order valence-corrected chi connectivity index (χ4v) is 5.04. The molecule has 1 aliphatic heterocycles. The number of amides is 4. The topological polar surface area (TPSA) is 111 Å². The molecule has 0 aromatic heterocycles. The number of ether oxygens (including phenoxy) is 1. The molecule has 0 bridgehead atoms. The van der Waals surface area contributed by atoms with E-state index in [2.05, 4.69) is 10.6 Å². The average Bonchev–Trinajstić information content (AvgIpc) is 2.91. The zero-order chi connectivity index (χ0) is 27.1. The van der Waals surface area contributed by atoms with Gasteiger partial charge in [0.1, 0.15) is 11.9 Å². The Labute approximate surface area is 220 Å². The molecule has 1 heterocycles. The largest absolute Gasteiger partial charge is 0.488 e. The summed E-state index contributed by atoms with van der Waals surface area (Å²) < 4.78 is 6.47. The van der Waals surface area contributed by atoms with Crippen molar-refractivity contribution in [1.82, 2.24) is 15.1 Å². The van der Waals surface area contributed by atoms with Gasteiger partial charge in [-0.1, -0.05) is 26.2 Å². The Morgan fingerprint density at radius 2 is 1.89 bits per heavy atom. The quantitative estimate of drug-likeness (QED) is 0.514. The van der Waals surface area contributed by atoms with Crippen molar-refractivity contribution in [2.45, 2.75) is 84.4 Å². The molecule has 0 unspecified atom stereocenters. The highest BCUT2D eigenvalue weighted by Gasteiger charge is 2.32. The summed E-state index contributed by atoms with van der Waals surface area (Å²) in [5.74, 6) is 0.395. The number of carbonyl (C=O) groups is 3. The Bertz CT molecular complexity index is 947. The van der Waals surface area contributed by atoms with Crippen LogP contribution < -0.4 is 15.4 Å². The Balaban J connectivity index is 1.87. The molecule has 1 saturated carbocycles. The number of rotatable bonds is 7. The van der Waals surface area contributed by atoms with Gasteiger partial charge >= 0.3 is 6.03 Å². The number of aliphatic hydroxyl groups excluding tert-OH is 1. The van der Waals surface area contributed by atoms with Crippen molar-refractivity contribution >= 4 is 23.5 Å². The third-order valence-electron chi connectivity index (χ3n) is 7.37. The van der Waals surface area contributed by atoms with E-state index in [1.807, 2.05) is 39.8 Å². The van der Waals surface area contributed by atoms with Crippen LogP contribution in [0.1, 0.15) is 65.4 Å². The van der Waals surface area contributed by atoms with Crippen LogP contribution in [-0.4, -0.2) is 77.7 Å². The van der Waals surface area contributed by atoms with Crippen LogP contribution in [0.2, 0.25) is 0 Å². The smallest absolute Gasteiger partial charge is 0.317 e. The molecule has 0 spiro atoms. The van der Waals surface area contributed by atoms with E-state index in [0.717, 1.165) is 25.7 Å². The summed E-state index contributed by atoms with van der Waals surface area (Å²) in [6.07, 6.45) is 4.85. The molecule has 2 aliphatic rings. The predicted molar refractivity (Wildman–Crippen MR) is 143 cm³/mol. The number of carbonyl (C=O) groups excluding carboxylic acids is 3. The number of hydrogen-bond acceptors (Lipinski definition) is 5. The van der Waals surface area contributed by atoms with E-state index in [9.17, 15) is 19.5 Å². The average molecular weight is 517 g/mol. The van der Waals surface area contributed by atoms with Gasteiger partial charge in [-0.25, -0.2) is 4.79 Å². The van der Waals surface area contributed by atoms with Gasteiger partial charge in [0.05, 0.1) is 25.6 Å². The molecule has 1 fully saturated rings. The second-order valence-electron chi connectivity index (χ2n) is 11.0. The maximum atomic E-state index is 13.4. The molecule has 4 amide bonds. The normalized spacial score (nSPS) is 21.7. The molecular formula is C28H44N4O5. The van der Waals surface area contributed by atoms with Gasteiger partial charge in [0.2, 0.25) is 11.8 Å². The van der Waals surface area contributed by atoms with Crippen LogP contribution in [0.5, 0.6) is 5.75 Å². The van der Waals surface area contributed by atoms with Crippen LogP contribution in [0.3, 0.4) is 0 Å². The van der Waals surface area contributed by atoms with Gasteiger partial charge in [0.25, 0.3) is 0 Å². The molecule has 3 atom stereocenters. The highest BCUT2D eigenvalue weighted by Crippen LogP contribution is 2.30. The maximum Gasteiger partial charge on any atom is 0.317 e. The van der Waals surface area contributed by atoms with E-state index >= 15 is 0 Å². The first-order valence-electron chi connectivity index (χ1n) is 13.6. The second kappa shape index (κ2) is 13.1. The molecular weight excluding hydrogens is 472 g/mol. The van der Waals surface area contributed by atoms with E-state index in [0.29, 0.717) is 30.1 Å². The van der Waals surface area contributed by atoms with Crippen molar-refractivity contribution in [3.8, 4) is 5.75 Å². The summed E-state index contributed by atoms with van der Waals surface area (Å²) in [6, 6.07) is 4.90. The second-order valence-corrected chi connectivity index (χ2v) is 11.0. The summed E-state index contributed by atoms with van der Waals surface area (Å²) in [5.41, 5.74) is 1.32. The molecule has 1 aromatic carbocycles. The number of likely N-dealkylation sites (N-methyl/N-ethyl adjacent to an activating group) is 1. The highest BCUT2D eigenvalue weighted by molar-refractivity contribution is 5.93. The number of anilines is 1. The Morgan fingerprint density at radius 1 is 1.19 bits per heavy atom. The first kappa shape index (κ1) is 28.8. The minimum Gasteiger partial charge on any atom is -0.488 e. The summed E-state index contributed by atoms with van der Waals surface area (Å²) in [5, 5.41) is 15.8. The summed E-state index contributed by atoms with van der Waals surface area (Å²) in [7, 11) is 1.73. The number of nitrogens with one attached hydrogen (secondary N) is 2. The minimum absolute atomic E-state index is 0.00955. The number of hydrogen-bond donors (Lipinski definition) is 3. The summed E-state index contributed by atoms with van der Waals surface area (Å²) in [4.78, 5) is 42.1. The standard InChI is InChI=1S/C28H44N4O5/c1-18(2)29-28(36)31(5)16-25-19(3)15-32(20(4)17-33)26(34)14-22-13-23(11-12-24(22)37-25)30-27(35)21-9-7-6-8-10-21/h11-13,18-21,25,33H,6-10,14-17H2,1-5H3,(H,29,36)(H,30,35)/t19-,20+,25+/m1/s1. The van der Waals surface area contributed by atoms with Crippen LogP contribution in [0.15, 0.2) is 18.2 Å². The molecule has 3 rings (SSSR count). The van der Waals surface area contributed by atoms with Gasteiger partial charge in [-0.3, -0.25) is 9.59 Å². The molecule has 9 heteroatoms. The predicted octanol–water partition coefficient (Wildman–Crippen LogP) is 3.40. The van der Waals surface area contributed by atoms with Crippen molar-refractivity contribution in [1.29, 1.82) is 0 Å². The van der Waals surface area contributed by atoms with Crippen molar-refractivity contribution in [3.63, 3.8) is 0 Å². The molecule has 1 aromatic rings. The number of urea groups is 1. The van der Waals surface area contributed by atoms with Crippen LogP contribution in [0.4, 0.5) is 10.5 Å². The van der Waals surface area contributed by atoms with E-state index in [1.165, 1.54) is 6.42 Å². The number of nitrogens with zero attached hydrogens (tertiary/aromatic N) is 2.